The summed E-state index contributed by atoms with van der Waals surface area (Å²) < 4.78 is 0. The Morgan fingerprint density at radius 2 is 1.77 bits per heavy atom. The maximum atomic E-state index is 2.53. The lowest BCUT2D eigenvalue weighted by Gasteiger charge is -2.66. The summed E-state index contributed by atoms with van der Waals surface area (Å²) in [6, 6.07) is 0. The van der Waals surface area contributed by atoms with E-state index in [-0.39, 0.29) is 0 Å². The van der Waals surface area contributed by atoms with Crippen molar-refractivity contribution in [2.45, 2.75) is 53.9 Å². The zero-order chi connectivity index (χ0) is 9.85. The highest BCUT2D eigenvalue weighted by Gasteiger charge is 2.59. The number of fused-ring (bicyclic) bond motifs is 2. The first-order valence-electron chi connectivity index (χ1n) is 5.89. The Balaban J connectivity index is 2.24. The van der Waals surface area contributed by atoms with Crippen molar-refractivity contribution in [2.24, 2.45) is 28.6 Å². The summed E-state index contributed by atoms with van der Waals surface area (Å²) in [4.78, 5) is 0. The third kappa shape index (κ3) is 1.04. The van der Waals surface area contributed by atoms with Crippen LogP contribution in [0, 0.1) is 28.6 Å². The first-order chi connectivity index (χ1) is 5.89. The van der Waals surface area contributed by atoms with Crippen molar-refractivity contribution in [3.63, 3.8) is 0 Å². The molecular formula is C13H24. The van der Waals surface area contributed by atoms with E-state index in [1.165, 1.54) is 19.3 Å². The van der Waals surface area contributed by atoms with Crippen molar-refractivity contribution in [1.82, 2.24) is 0 Å². The van der Waals surface area contributed by atoms with Crippen molar-refractivity contribution in [1.29, 1.82) is 0 Å². The van der Waals surface area contributed by atoms with E-state index in [1.807, 2.05) is 0 Å². The van der Waals surface area contributed by atoms with Crippen LogP contribution in [0.4, 0.5) is 0 Å². The monoisotopic (exact) mass is 180 g/mol. The van der Waals surface area contributed by atoms with E-state index >= 15 is 0 Å². The molecule has 3 rings (SSSR count). The van der Waals surface area contributed by atoms with Gasteiger partial charge >= 0.3 is 0 Å². The molecule has 0 aromatic rings. The maximum absolute atomic E-state index is 2.53. The smallest absolute Gasteiger partial charge is 0.0269 e. The summed E-state index contributed by atoms with van der Waals surface area (Å²) in [5, 5.41) is 0. The standard InChI is InChI=1S/C13H24/c1-9(2)13(5)7-6-10-8-11(13)12(10,3)4/h9-11H,6-8H2,1-5H3/t10-,11+,13?/m0/s1. The zero-order valence-electron chi connectivity index (χ0n) is 9.85. The molecule has 2 bridgehead atoms. The van der Waals surface area contributed by atoms with Crippen LogP contribution in [0.1, 0.15) is 53.9 Å². The van der Waals surface area contributed by atoms with Crippen molar-refractivity contribution >= 4 is 0 Å². The molecule has 0 aliphatic heterocycles. The van der Waals surface area contributed by atoms with Gasteiger partial charge in [-0.15, -0.1) is 0 Å². The van der Waals surface area contributed by atoms with E-state index < -0.39 is 0 Å². The summed E-state index contributed by atoms with van der Waals surface area (Å²) in [5.41, 5.74) is 1.29. The van der Waals surface area contributed by atoms with Crippen LogP contribution in [0.3, 0.4) is 0 Å². The van der Waals surface area contributed by atoms with Gasteiger partial charge in [-0.3, -0.25) is 0 Å². The van der Waals surface area contributed by atoms with Gasteiger partial charge in [-0.25, -0.2) is 0 Å². The third-order valence-electron chi connectivity index (χ3n) is 5.62. The Morgan fingerprint density at radius 1 is 1.15 bits per heavy atom. The molecule has 0 heteroatoms. The summed E-state index contributed by atoms with van der Waals surface area (Å²) in [7, 11) is 0. The van der Waals surface area contributed by atoms with Gasteiger partial charge < -0.3 is 0 Å². The average molecular weight is 180 g/mol. The van der Waals surface area contributed by atoms with Gasteiger partial charge in [-0.05, 0) is 47.8 Å². The normalized spacial score (nSPS) is 47.5. The lowest BCUT2D eigenvalue weighted by Crippen LogP contribution is -2.58. The van der Waals surface area contributed by atoms with Gasteiger partial charge in [0, 0.05) is 0 Å². The molecule has 13 heavy (non-hydrogen) atoms. The SMILES string of the molecule is CC(C)C1(C)CC[C@H]2C[C@@H]1C2(C)C. The van der Waals surface area contributed by atoms with Gasteiger partial charge in [0.2, 0.25) is 0 Å². The van der Waals surface area contributed by atoms with Gasteiger partial charge in [-0.1, -0.05) is 34.6 Å². The predicted octanol–water partition coefficient (Wildman–Crippen LogP) is 4.10. The number of hydrogen-bond donors (Lipinski definition) is 0. The largest absolute Gasteiger partial charge is 0.0622 e. The van der Waals surface area contributed by atoms with Crippen LogP contribution < -0.4 is 0 Å². The molecule has 0 N–H and O–H groups in total. The second-order valence-electron chi connectivity index (χ2n) is 6.51. The van der Waals surface area contributed by atoms with E-state index in [0.717, 1.165) is 17.8 Å². The van der Waals surface area contributed by atoms with Crippen LogP contribution in [0.15, 0.2) is 0 Å². The highest BCUT2D eigenvalue weighted by Crippen LogP contribution is 2.67. The number of rotatable bonds is 1. The Hall–Kier alpha value is 0. The van der Waals surface area contributed by atoms with Crippen LogP contribution in [-0.4, -0.2) is 0 Å². The summed E-state index contributed by atoms with van der Waals surface area (Å²) >= 11 is 0. The molecule has 3 aliphatic rings. The van der Waals surface area contributed by atoms with E-state index in [4.69, 9.17) is 0 Å². The summed E-state index contributed by atoms with van der Waals surface area (Å²) in [6.07, 6.45) is 4.48. The number of hydrogen-bond acceptors (Lipinski definition) is 0. The molecular weight excluding hydrogens is 156 g/mol. The average Bonchev–Trinajstić information content (AvgIpc) is 2.03. The second kappa shape index (κ2) is 2.52. The predicted molar refractivity (Wildman–Crippen MR) is 57.6 cm³/mol. The van der Waals surface area contributed by atoms with Gasteiger partial charge in [0.05, 0.1) is 0 Å². The van der Waals surface area contributed by atoms with E-state index in [1.54, 1.807) is 0 Å². The Morgan fingerprint density at radius 3 is 2.08 bits per heavy atom. The van der Waals surface area contributed by atoms with Crippen LogP contribution in [0.25, 0.3) is 0 Å². The van der Waals surface area contributed by atoms with E-state index in [2.05, 4.69) is 34.6 Å². The highest BCUT2D eigenvalue weighted by atomic mass is 14.6. The molecule has 3 atom stereocenters. The topological polar surface area (TPSA) is 0 Å². The molecule has 0 amide bonds. The summed E-state index contributed by atoms with van der Waals surface area (Å²) in [5.74, 6) is 2.90. The molecule has 0 heterocycles. The minimum absolute atomic E-state index is 0.637. The molecule has 0 nitrogen and oxygen atoms in total. The first-order valence-corrected chi connectivity index (χ1v) is 5.89. The van der Waals surface area contributed by atoms with Crippen LogP contribution >= 0.6 is 0 Å². The molecule has 3 saturated carbocycles. The molecule has 0 saturated heterocycles. The summed E-state index contributed by atoms with van der Waals surface area (Å²) in [6.45, 7) is 12.3. The zero-order valence-corrected chi connectivity index (χ0v) is 9.85. The molecule has 0 aromatic carbocycles. The lowest BCUT2D eigenvalue weighted by molar-refractivity contribution is -0.166. The molecule has 3 aliphatic carbocycles. The fraction of sp³-hybridized carbons (Fsp3) is 1.00. The molecule has 0 aromatic heterocycles. The van der Waals surface area contributed by atoms with Crippen molar-refractivity contribution in [2.75, 3.05) is 0 Å². The first kappa shape index (κ1) is 9.55. The van der Waals surface area contributed by atoms with Crippen molar-refractivity contribution < 1.29 is 0 Å². The van der Waals surface area contributed by atoms with Crippen LogP contribution in [0.5, 0.6) is 0 Å². The fourth-order valence-corrected chi connectivity index (χ4v) is 3.98. The maximum Gasteiger partial charge on any atom is -0.0269 e. The molecule has 76 valence electrons. The van der Waals surface area contributed by atoms with Gasteiger partial charge in [0.15, 0.2) is 0 Å². The van der Waals surface area contributed by atoms with Crippen LogP contribution in [-0.2, 0) is 0 Å². The Bertz CT molecular complexity index is 212. The Labute approximate surface area is 83.1 Å². The fourth-order valence-electron chi connectivity index (χ4n) is 3.98. The van der Waals surface area contributed by atoms with Crippen LogP contribution in [0.2, 0.25) is 0 Å². The van der Waals surface area contributed by atoms with Crippen molar-refractivity contribution in [3.05, 3.63) is 0 Å². The van der Waals surface area contributed by atoms with Crippen molar-refractivity contribution in [3.8, 4) is 0 Å². The molecule has 0 radical (unpaired) electrons. The molecule has 1 unspecified atom stereocenters. The third-order valence-corrected chi connectivity index (χ3v) is 5.62. The molecule has 3 fully saturated rings. The highest BCUT2D eigenvalue weighted by molar-refractivity contribution is 5.08. The van der Waals surface area contributed by atoms with Gasteiger partial charge in [-0.2, -0.15) is 0 Å². The quantitative estimate of drug-likeness (QED) is 0.570. The van der Waals surface area contributed by atoms with Gasteiger partial charge in [0.1, 0.15) is 0 Å². The Kier molecular flexibility index (Phi) is 1.85. The van der Waals surface area contributed by atoms with Gasteiger partial charge in [0.25, 0.3) is 0 Å². The minimum Gasteiger partial charge on any atom is -0.0622 e. The van der Waals surface area contributed by atoms with E-state index in [9.17, 15) is 0 Å². The lowest BCUT2D eigenvalue weighted by atomic mass is 9.39. The molecule has 0 spiro atoms. The second-order valence-corrected chi connectivity index (χ2v) is 6.51. The van der Waals surface area contributed by atoms with E-state index in [0.29, 0.717) is 10.8 Å². The minimum atomic E-state index is 0.637.